The Balaban J connectivity index is 2.38. The minimum Gasteiger partial charge on any atom is -0.466 e. The number of halogens is 1. The summed E-state index contributed by atoms with van der Waals surface area (Å²) >= 11 is 0. The lowest BCUT2D eigenvalue weighted by atomic mass is 10.2. The first-order valence-electron chi connectivity index (χ1n) is 7.01. The van der Waals surface area contributed by atoms with Crippen LogP contribution in [-0.4, -0.2) is 25.8 Å². The fourth-order valence-electron chi connectivity index (χ4n) is 1.94. The largest absolute Gasteiger partial charge is 0.466 e. The molecule has 7 heteroatoms. The summed E-state index contributed by atoms with van der Waals surface area (Å²) in [6, 6.07) is 13.4. The molecule has 5 nitrogen and oxygen atoms in total. The molecule has 0 spiro atoms. The summed E-state index contributed by atoms with van der Waals surface area (Å²) in [6.45, 7) is 0.0219. The Morgan fingerprint density at radius 2 is 1.75 bits per heavy atom. The van der Waals surface area contributed by atoms with Gasteiger partial charge >= 0.3 is 5.97 Å². The number of nitrogens with zero attached hydrogens (tertiary/aromatic N) is 1. The van der Waals surface area contributed by atoms with Crippen LogP contribution in [0, 0.1) is 5.82 Å². The first kappa shape index (κ1) is 17.7. The maximum absolute atomic E-state index is 13.0. The molecule has 0 aliphatic rings. The molecule has 2 rings (SSSR count). The predicted molar refractivity (Wildman–Crippen MR) is 86.7 cm³/mol. The van der Waals surface area contributed by atoms with Crippen LogP contribution in [0.2, 0.25) is 0 Å². The first-order valence-corrected chi connectivity index (χ1v) is 8.45. The second-order valence-electron chi connectivity index (χ2n) is 4.83. The molecule has 0 atom stereocenters. The number of benzene rings is 2. The van der Waals surface area contributed by atoms with E-state index in [4.69, 9.17) is 0 Å². The number of sulfonamides is 1. The van der Waals surface area contributed by atoms with Crippen LogP contribution in [0.3, 0.4) is 0 Å². The summed E-state index contributed by atoms with van der Waals surface area (Å²) in [5, 5.41) is 0. The van der Waals surface area contributed by atoms with E-state index in [1.54, 1.807) is 24.3 Å². The third-order valence-corrected chi connectivity index (χ3v) is 4.92. The van der Waals surface area contributed by atoms with Gasteiger partial charge in [-0.05, 0) is 29.8 Å². The fraction of sp³-hybridized carbons (Fsp3) is 0.118. The van der Waals surface area contributed by atoms with E-state index >= 15 is 0 Å². The smallest absolute Gasteiger partial charge is 0.331 e. The van der Waals surface area contributed by atoms with Crippen molar-refractivity contribution in [3.63, 3.8) is 0 Å². The minimum absolute atomic E-state index is 0.0219. The fourth-order valence-corrected chi connectivity index (χ4v) is 3.23. The number of hydrogen-bond donors (Lipinski definition) is 0. The topological polar surface area (TPSA) is 63.7 Å². The maximum atomic E-state index is 13.0. The molecule has 126 valence electrons. The molecule has 24 heavy (non-hydrogen) atoms. The average Bonchev–Trinajstić information content (AvgIpc) is 2.59. The molecule has 0 unspecified atom stereocenters. The molecular weight excluding hydrogens is 333 g/mol. The third kappa shape index (κ3) is 4.42. The molecule has 0 heterocycles. The van der Waals surface area contributed by atoms with Gasteiger partial charge in [0.25, 0.3) is 10.0 Å². The molecule has 2 aromatic carbocycles. The molecule has 0 aliphatic heterocycles. The van der Waals surface area contributed by atoms with Crippen molar-refractivity contribution in [2.75, 3.05) is 7.11 Å². The standard InChI is InChI=1S/C17H16FNO4S/c1-23-17(20)11-12-19(13-14-5-3-2-4-6-14)24(21,22)16-9-7-15(18)8-10-16/h2-12H,13H2,1H3/b12-11+. The minimum atomic E-state index is -3.95. The van der Waals surface area contributed by atoms with Crippen LogP contribution >= 0.6 is 0 Å². The van der Waals surface area contributed by atoms with Gasteiger partial charge in [0, 0.05) is 12.3 Å². The van der Waals surface area contributed by atoms with Crippen molar-refractivity contribution in [1.29, 1.82) is 0 Å². The van der Waals surface area contributed by atoms with Crippen LogP contribution in [0.25, 0.3) is 0 Å². The van der Waals surface area contributed by atoms with Crippen molar-refractivity contribution >= 4 is 16.0 Å². The highest BCUT2D eigenvalue weighted by Gasteiger charge is 2.22. The Morgan fingerprint density at radius 3 is 2.33 bits per heavy atom. The summed E-state index contributed by atoms with van der Waals surface area (Å²) in [5.41, 5.74) is 0.734. The summed E-state index contributed by atoms with van der Waals surface area (Å²) in [4.78, 5) is 11.2. The van der Waals surface area contributed by atoms with Crippen molar-refractivity contribution in [1.82, 2.24) is 4.31 Å². The molecule has 0 fully saturated rings. The summed E-state index contributed by atoms with van der Waals surface area (Å²) in [5.74, 6) is -1.21. The number of rotatable bonds is 6. The van der Waals surface area contributed by atoms with E-state index < -0.39 is 21.8 Å². The molecule has 0 aromatic heterocycles. The Hall–Kier alpha value is -2.67. The lowest BCUT2D eigenvalue weighted by molar-refractivity contribution is -0.134. The lowest BCUT2D eigenvalue weighted by Crippen LogP contribution is -2.26. The molecule has 0 amide bonds. The van der Waals surface area contributed by atoms with Gasteiger partial charge in [-0.25, -0.2) is 17.6 Å². The molecule has 0 radical (unpaired) electrons. The van der Waals surface area contributed by atoms with Gasteiger partial charge in [-0.15, -0.1) is 0 Å². The quantitative estimate of drug-likeness (QED) is 0.594. The van der Waals surface area contributed by atoms with Crippen LogP contribution in [0.4, 0.5) is 4.39 Å². The van der Waals surface area contributed by atoms with Crippen molar-refractivity contribution in [2.24, 2.45) is 0 Å². The highest BCUT2D eigenvalue weighted by molar-refractivity contribution is 7.89. The van der Waals surface area contributed by atoms with Gasteiger partial charge in [0.2, 0.25) is 0 Å². The molecule has 0 saturated heterocycles. The number of carbonyl (C=O) groups excluding carboxylic acids is 1. The van der Waals surface area contributed by atoms with E-state index in [0.717, 1.165) is 34.3 Å². The van der Waals surface area contributed by atoms with E-state index in [2.05, 4.69) is 4.74 Å². The lowest BCUT2D eigenvalue weighted by Gasteiger charge is -2.20. The molecule has 0 bridgehead atoms. The van der Waals surface area contributed by atoms with Gasteiger partial charge in [0.1, 0.15) is 5.82 Å². The Bertz CT molecular complexity index is 817. The van der Waals surface area contributed by atoms with E-state index in [9.17, 15) is 17.6 Å². The number of ether oxygens (including phenoxy) is 1. The van der Waals surface area contributed by atoms with E-state index in [0.29, 0.717) is 0 Å². The molecule has 0 N–H and O–H groups in total. The van der Waals surface area contributed by atoms with Crippen LogP contribution in [-0.2, 0) is 26.1 Å². The van der Waals surface area contributed by atoms with Crippen molar-refractivity contribution in [3.05, 3.63) is 78.3 Å². The van der Waals surface area contributed by atoms with E-state index in [-0.39, 0.29) is 11.4 Å². The first-order chi connectivity index (χ1) is 11.4. The van der Waals surface area contributed by atoms with Crippen molar-refractivity contribution in [3.8, 4) is 0 Å². The number of carbonyl (C=O) groups is 1. The molecule has 2 aromatic rings. The monoisotopic (exact) mass is 349 g/mol. The SMILES string of the molecule is COC(=O)/C=C/N(Cc1ccccc1)S(=O)(=O)c1ccc(F)cc1. The zero-order chi connectivity index (χ0) is 17.6. The summed E-state index contributed by atoms with van der Waals surface area (Å²) < 4.78 is 44.0. The number of hydrogen-bond acceptors (Lipinski definition) is 4. The van der Waals surface area contributed by atoms with Gasteiger partial charge < -0.3 is 4.74 Å². The zero-order valence-corrected chi connectivity index (χ0v) is 13.7. The van der Waals surface area contributed by atoms with E-state index in [1.807, 2.05) is 6.07 Å². The molecule has 0 aliphatic carbocycles. The normalized spacial score (nSPS) is 11.4. The van der Waals surface area contributed by atoms with Crippen LogP contribution in [0.5, 0.6) is 0 Å². The molecule has 0 saturated carbocycles. The second-order valence-corrected chi connectivity index (χ2v) is 6.72. The maximum Gasteiger partial charge on any atom is 0.331 e. The van der Waals surface area contributed by atoms with Gasteiger partial charge in [0.15, 0.2) is 0 Å². The summed E-state index contributed by atoms with van der Waals surface area (Å²) in [6.07, 6.45) is 2.15. The van der Waals surface area contributed by atoms with Crippen LogP contribution in [0.15, 0.2) is 71.8 Å². The zero-order valence-electron chi connectivity index (χ0n) is 12.9. The number of esters is 1. The van der Waals surface area contributed by atoms with Crippen molar-refractivity contribution < 1.29 is 22.3 Å². The Kier molecular flexibility index (Phi) is 5.70. The van der Waals surface area contributed by atoms with Gasteiger partial charge in [-0.2, -0.15) is 0 Å². The van der Waals surface area contributed by atoms with Gasteiger partial charge in [0.05, 0.1) is 18.6 Å². The Morgan fingerprint density at radius 1 is 1.12 bits per heavy atom. The molecular formula is C17H16FNO4S. The highest BCUT2D eigenvalue weighted by atomic mass is 32.2. The highest BCUT2D eigenvalue weighted by Crippen LogP contribution is 2.19. The van der Waals surface area contributed by atoms with E-state index in [1.165, 1.54) is 19.2 Å². The van der Waals surface area contributed by atoms with Crippen LogP contribution < -0.4 is 0 Å². The number of methoxy groups -OCH3 is 1. The van der Waals surface area contributed by atoms with Gasteiger partial charge in [-0.3, -0.25) is 4.31 Å². The average molecular weight is 349 g/mol. The summed E-state index contributed by atoms with van der Waals surface area (Å²) in [7, 11) is -2.75. The Labute approximate surface area is 140 Å². The van der Waals surface area contributed by atoms with Gasteiger partial charge in [-0.1, -0.05) is 30.3 Å². The van der Waals surface area contributed by atoms with Crippen LogP contribution in [0.1, 0.15) is 5.56 Å². The van der Waals surface area contributed by atoms with Crippen molar-refractivity contribution in [2.45, 2.75) is 11.4 Å². The second kappa shape index (κ2) is 7.74. The predicted octanol–water partition coefficient (Wildman–Crippen LogP) is 2.70. The third-order valence-electron chi connectivity index (χ3n) is 3.18.